The molecule has 2 rings (SSSR count). The van der Waals surface area contributed by atoms with Gasteiger partial charge >= 0.3 is 0 Å². The largest absolute Gasteiger partial charge is 0.494 e. The summed E-state index contributed by atoms with van der Waals surface area (Å²) in [5.41, 5.74) is 6.84. The van der Waals surface area contributed by atoms with E-state index in [-0.39, 0.29) is 0 Å². The minimum absolute atomic E-state index is 0.404. The van der Waals surface area contributed by atoms with Crippen LogP contribution in [0.25, 0.3) is 0 Å². The van der Waals surface area contributed by atoms with E-state index in [4.69, 9.17) is 25.2 Å². The second kappa shape index (κ2) is 5.85. The van der Waals surface area contributed by atoms with Crippen molar-refractivity contribution in [3.63, 3.8) is 0 Å². The van der Waals surface area contributed by atoms with E-state index in [2.05, 4.69) is 0 Å². The molecule has 0 saturated carbocycles. The van der Waals surface area contributed by atoms with Crippen LogP contribution in [-0.4, -0.2) is 14.2 Å². The van der Waals surface area contributed by atoms with Crippen LogP contribution in [-0.2, 0) is 0 Å². The highest BCUT2D eigenvalue weighted by Crippen LogP contribution is 2.38. The van der Waals surface area contributed by atoms with Crippen molar-refractivity contribution in [2.75, 3.05) is 20.0 Å². The molecule has 102 valence electrons. The maximum Gasteiger partial charge on any atom is 0.169 e. The molecule has 2 aromatic rings. The number of methoxy groups -OCH3 is 2. The molecule has 0 amide bonds. The number of nitrogens with two attached hydrogens (primary N) is 1. The molecule has 0 aromatic heterocycles. The van der Waals surface area contributed by atoms with Crippen LogP contribution in [0.3, 0.4) is 0 Å². The Balaban J connectivity index is 2.38. The number of hydrogen-bond acceptors (Lipinski definition) is 5. The number of nitrogen functional groups attached to an aromatic ring is 1. The predicted octanol–water partition coefficient (Wildman–Crippen LogP) is 2.95. The van der Waals surface area contributed by atoms with Crippen LogP contribution in [0.5, 0.6) is 23.0 Å². The van der Waals surface area contributed by atoms with Gasteiger partial charge in [-0.1, -0.05) is 6.07 Å². The highest BCUT2D eigenvalue weighted by Gasteiger charge is 2.11. The van der Waals surface area contributed by atoms with Gasteiger partial charge in [0.2, 0.25) is 0 Å². The van der Waals surface area contributed by atoms with E-state index in [1.165, 1.54) is 14.2 Å². The van der Waals surface area contributed by atoms with Gasteiger partial charge in [-0.25, -0.2) is 0 Å². The third-order valence-electron chi connectivity index (χ3n) is 2.76. The van der Waals surface area contributed by atoms with Crippen molar-refractivity contribution in [1.82, 2.24) is 0 Å². The lowest BCUT2D eigenvalue weighted by atomic mass is 10.2. The fourth-order valence-corrected chi connectivity index (χ4v) is 1.73. The van der Waals surface area contributed by atoms with Gasteiger partial charge in [-0.05, 0) is 24.3 Å². The molecular weight excluding hydrogens is 256 g/mol. The lowest BCUT2D eigenvalue weighted by Crippen LogP contribution is -1.97. The first-order chi connectivity index (χ1) is 9.69. The van der Waals surface area contributed by atoms with Crippen molar-refractivity contribution in [3.05, 3.63) is 42.0 Å². The molecule has 0 aliphatic rings. The predicted molar refractivity (Wildman–Crippen MR) is 75.2 cm³/mol. The number of benzene rings is 2. The molecule has 0 bridgehead atoms. The lowest BCUT2D eigenvalue weighted by Gasteiger charge is -2.13. The molecule has 0 unspecified atom stereocenters. The van der Waals surface area contributed by atoms with Gasteiger partial charge in [0.1, 0.15) is 11.4 Å². The maximum atomic E-state index is 8.87. The van der Waals surface area contributed by atoms with Crippen molar-refractivity contribution in [2.24, 2.45) is 0 Å². The fraction of sp³-hybridized carbons (Fsp3) is 0.133. The first kappa shape index (κ1) is 13.6. The van der Waals surface area contributed by atoms with Gasteiger partial charge in [-0.3, -0.25) is 0 Å². The number of nitrogens with zero attached hydrogens (tertiary/aromatic N) is 1. The highest BCUT2D eigenvalue weighted by atomic mass is 16.5. The monoisotopic (exact) mass is 270 g/mol. The van der Waals surface area contributed by atoms with Crippen molar-refractivity contribution >= 4 is 5.69 Å². The normalized spacial score (nSPS) is 9.65. The summed E-state index contributed by atoms with van der Waals surface area (Å²) in [7, 11) is 3.05. The summed E-state index contributed by atoms with van der Waals surface area (Å²) in [5.74, 6) is 1.94. The number of rotatable bonds is 4. The quantitative estimate of drug-likeness (QED) is 0.864. The van der Waals surface area contributed by atoms with Crippen molar-refractivity contribution in [1.29, 1.82) is 5.26 Å². The molecule has 5 heteroatoms. The molecule has 0 radical (unpaired) electrons. The zero-order chi connectivity index (χ0) is 14.5. The SMILES string of the molecule is COc1cc(C#N)ccc1Oc1cccc(OC)c1N. The Kier molecular flexibility index (Phi) is 3.96. The lowest BCUT2D eigenvalue weighted by molar-refractivity contribution is 0.377. The van der Waals surface area contributed by atoms with E-state index < -0.39 is 0 Å². The van der Waals surface area contributed by atoms with E-state index in [0.29, 0.717) is 34.2 Å². The van der Waals surface area contributed by atoms with Gasteiger partial charge in [0, 0.05) is 6.07 Å². The molecule has 20 heavy (non-hydrogen) atoms. The Hall–Kier alpha value is -2.87. The Morgan fingerprint density at radius 3 is 2.30 bits per heavy atom. The first-order valence-corrected chi connectivity index (χ1v) is 5.88. The number of hydrogen-bond donors (Lipinski definition) is 1. The highest BCUT2D eigenvalue weighted by molar-refractivity contribution is 5.64. The molecule has 2 N–H and O–H groups in total. The number of nitriles is 1. The van der Waals surface area contributed by atoms with E-state index in [0.717, 1.165) is 0 Å². The Bertz CT molecular complexity index is 663. The summed E-state index contributed by atoms with van der Waals surface area (Å²) in [6, 6.07) is 12.2. The third kappa shape index (κ3) is 2.59. The van der Waals surface area contributed by atoms with Gasteiger partial charge in [-0.2, -0.15) is 5.26 Å². The Labute approximate surface area is 117 Å². The summed E-state index contributed by atoms with van der Waals surface area (Å²) in [6.45, 7) is 0. The first-order valence-electron chi connectivity index (χ1n) is 5.88. The minimum atomic E-state index is 0.404. The summed E-state index contributed by atoms with van der Waals surface area (Å²) in [5, 5.41) is 8.87. The van der Waals surface area contributed by atoms with Crippen LogP contribution >= 0.6 is 0 Å². The Morgan fingerprint density at radius 2 is 1.65 bits per heavy atom. The van der Waals surface area contributed by atoms with Gasteiger partial charge in [0.05, 0.1) is 25.9 Å². The summed E-state index contributed by atoms with van der Waals surface area (Å²) in [4.78, 5) is 0. The molecule has 0 aliphatic carbocycles. The van der Waals surface area contributed by atoms with Crippen LogP contribution in [0.4, 0.5) is 5.69 Å². The van der Waals surface area contributed by atoms with Gasteiger partial charge in [0.15, 0.2) is 17.2 Å². The molecular formula is C15H14N2O3. The molecule has 0 heterocycles. The van der Waals surface area contributed by atoms with Crippen LogP contribution in [0, 0.1) is 11.3 Å². The van der Waals surface area contributed by atoms with Crippen molar-refractivity contribution in [3.8, 4) is 29.1 Å². The second-order valence-electron chi connectivity index (χ2n) is 3.95. The topological polar surface area (TPSA) is 77.5 Å². The molecule has 5 nitrogen and oxygen atoms in total. The van der Waals surface area contributed by atoms with Crippen molar-refractivity contribution < 1.29 is 14.2 Å². The second-order valence-corrected chi connectivity index (χ2v) is 3.95. The van der Waals surface area contributed by atoms with Crippen LogP contribution < -0.4 is 19.9 Å². The van der Waals surface area contributed by atoms with Crippen LogP contribution in [0.15, 0.2) is 36.4 Å². The summed E-state index contributed by atoms with van der Waals surface area (Å²) < 4.78 is 16.1. The zero-order valence-electron chi connectivity index (χ0n) is 11.2. The molecule has 2 aromatic carbocycles. The molecule has 0 fully saturated rings. The van der Waals surface area contributed by atoms with E-state index in [1.807, 2.05) is 6.07 Å². The fourth-order valence-electron chi connectivity index (χ4n) is 1.73. The molecule has 0 spiro atoms. The van der Waals surface area contributed by atoms with Crippen LogP contribution in [0.1, 0.15) is 5.56 Å². The van der Waals surface area contributed by atoms with E-state index in [1.54, 1.807) is 36.4 Å². The molecule has 0 atom stereocenters. The van der Waals surface area contributed by atoms with Crippen LogP contribution in [0.2, 0.25) is 0 Å². The van der Waals surface area contributed by atoms with Gasteiger partial charge in [-0.15, -0.1) is 0 Å². The van der Waals surface area contributed by atoms with E-state index >= 15 is 0 Å². The number of ether oxygens (including phenoxy) is 3. The number of anilines is 1. The third-order valence-corrected chi connectivity index (χ3v) is 2.76. The Morgan fingerprint density at radius 1 is 0.950 bits per heavy atom. The average Bonchev–Trinajstić information content (AvgIpc) is 2.49. The average molecular weight is 270 g/mol. The molecule has 0 aliphatic heterocycles. The van der Waals surface area contributed by atoms with Gasteiger partial charge in [0.25, 0.3) is 0 Å². The van der Waals surface area contributed by atoms with Crippen molar-refractivity contribution in [2.45, 2.75) is 0 Å². The summed E-state index contributed by atoms with van der Waals surface area (Å²) in [6.07, 6.45) is 0. The summed E-state index contributed by atoms with van der Waals surface area (Å²) >= 11 is 0. The zero-order valence-corrected chi connectivity index (χ0v) is 11.2. The maximum absolute atomic E-state index is 8.87. The van der Waals surface area contributed by atoms with Gasteiger partial charge < -0.3 is 19.9 Å². The van der Waals surface area contributed by atoms with E-state index in [9.17, 15) is 0 Å². The number of para-hydroxylation sites is 1. The smallest absolute Gasteiger partial charge is 0.169 e. The molecule has 0 saturated heterocycles. The standard InChI is InChI=1S/C15H14N2O3/c1-18-12-4-3-5-13(15(12)17)20-11-7-6-10(9-16)8-14(11)19-2/h3-8H,17H2,1-2H3. The minimum Gasteiger partial charge on any atom is -0.494 e.